The highest BCUT2D eigenvalue weighted by Crippen LogP contribution is 2.29. The van der Waals surface area contributed by atoms with Gasteiger partial charge in [0.25, 0.3) is 0 Å². The predicted octanol–water partition coefficient (Wildman–Crippen LogP) is -0.849. The topological polar surface area (TPSA) is 62.2 Å². The third-order valence-electron chi connectivity index (χ3n) is 1.66. The fraction of sp³-hybridized carbons (Fsp3) is 1.00. The predicted molar refractivity (Wildman–Crippen MR) is 38.6 cm³/mol. The second-order valence-electron chi connectivity index (χ2n) is 2.68. The number of rotatable bonds is 3. The first-order valence-electron chi connectivity index (χ1n) is 3.81. The minimum Gasteiger partial charge on any atom is -0.402 e. The van der Waals surface area contributed by atoms with E-state index in [1.165, 1.54) is 0 Å². The van der Waals surface area contributed by atoms with Crippen LogP contribution in [0.4, 0.5) is 13.2 Å². The number of hydrogen-bond donors (Lipinski definition) is 2. The first kappa shape index (κ1) is 11.7. The van der Waals surface area contributed by atoms with Crippen LogP contribution in [-0.4, -0.2) is 54.6 Å². The van der Waals surface area contributed by atoms with Gasteiger partial charge in [-0.05, 0) is 0 Å². The summed E-state index contributed by atoms with van der Waals surface area (Å²) in [7, 11) is -2.11. The highest BCUT2D eigenvalue weighted by molar-refractivity contribution is 6.32. The SMILES string of the molecule is OB(O)OCN1CCOC(F)(F)C1F. The maximum atomic E-state index is 12.9. The van der Waals surface area contributed by atoms with Gasteiger partial charge in [0, 0.05) is 6.54 Å². The number of ether oxygens (including phenoxy) is 1. The van der Waals surface area contributed by atoms with Crippen LogP contribution in [0.3, 0.4) is 0 Å². The number of halogens is 3. The van der Waals surface area contributed by atoms with Gasteiger partial charge in [-0.1, -0.05) is 0 Å². The van der Waals surface area contributed by atoms with Gasteiger partial charge in [0.2, 0.25) is 6.30 Å². The van der Waals surface area contributed by atoms with Crippen LogP contribution in [0.1, 0.15) is 0 Å². The van der Waals surface area contributed by atoms with E-state index in [1.54, 1.807) is 0 Å². The van der Waals surface area contributed by atoms with Gasteiger partial charge >= 0.3 is 13.4 Å². The molecule has 1 heterocycles. The van der Waals surface area contributed by atoms with Crippen molar-refractivity contribution in [2.24, 2.45) is 0 Å². The molecule has 0 spiro atoms. The smallest absolute Gasteiger partial charge is 0.402 e. The number of morpholine rings is 1. The summed E-state index contributed by atoms with van der Waals surface area (Å²) in [5.74, 6) is 0. The highest BCUT2D eigenvalue weighted by Gasteiger charge is 2.48. The molecule has 0 bridgehead atoms. The Bertz CT molecular complexity index is 196. The molecule has 1 rings (SSSR count). The summed E-state index contributed by atoms with van der Waals surface area (Å²) in [6, 6.07) is 0. The largest absolute Gasteiger partial charge is 0.634 e. The Morgan fingerprint density at radius 1 is 1.57 bits per heavy atom. The summed E-state index contributed by atoms with van der Waals surface area (Å²) < 4.78 is 46.0. The molecule has 1 unspecified atom stereocenters. The fourth-order valence-electron chi connectivity index (χ4n) is 0.986. The average molecular weight is 215 g/mol. The fourth-order valence-corrected chi connectivity index (χ4v) is 0.986. The molecule has 1 atom stereocenters. The zero-order valence-corrected chi connectivity index (χ0v) is 7.07. The third-order valence-corrected chi connectivity index (χ3v) is 1.66. The van der Waals surface area contributed by atoms with Crippen LogP contribution < -0.4 is 0 Å². The molecule has 0 aromatic rings. The summed E-state index contributed by atoms with van der Waals surface area (Å²) in [5, 5.41) is 16.5. The molecule has 0 aromatic heterocycles. The lowest BCUT2D eigenvalue weighted by atomic mass is 10.3. The summed E-state index contributed by atoms with van der Waals surface area (Å²) >= 11 is 0. The van der Waals surface area contributed by atoms with Crippen molar-refractivity contribution in [2.45, 2.75) is 12.4 Å². The molecule has 1 aliphatic rings. The standard InChI is InChI=1S/C5H9BF3NO4/c7-4-5(8,9)13-2-1-10(4)3-14-6(11)12/h4,11-12H,1-3H2. The van der Waals surface area contributed by atoms with Gasteiger partial charge in [-0.25, -0.2) is 9.29 Å². The van der Waals surface area contributed by atoms with Crippen LogP contribution >= 0.6 is 0 Å². The van der Waals surface area contributed by atoms with Crippen molar-refractivity contribution in [3.63, 3.8) is 0 Å². The van der Waals surface area contributed by atoms with E-state index in [9.17, 15) is 13.2 Å². The quantitative estimate of drug-likeness (QED) is 0.474. The molecule has 0 aromatic carbocycles. The first-order valence-corrected chi connectivity index (χ1v) is 3.81. The molecule has 0 saturated carbocycles. The first-order chi connectivity index (χ1) is 6.43. The van der Waals surface area contributed by atoms with Crippen molar-refractivity contribution in [1.82, 2.24) is 4.90 Å². The van der Waals surface area contributed by atoms with Crippen LogP contribution in [-0.2, 0) is 9.39 Å². The summed E-state index contributed by atoms with van der Waals surface area (Å²) in [4.78, 5) is 0.600. The molecule has 0 aliphatic carbocycles. The molecule has 9 heteroatoms. The van der Waals surface area contributed by atoms with Gasteiger partial charge in [-0.3, -0.25) is 0 Å². The van der Waals surface area contributed by atoms with E-state index in [0.717, 1.165) is 0 Å². The van der Waals surface area contributed by atoms with Gasteiger partial charge in [0.05, 0.1) is 13.3 Å². The molecule has 82 valence electrons. The maximum absolute atomic E-state index is 12.9. The van der Waals surface area contributed by atoms with E-state index in [0.29, 0.717) is 4.90 Å². The Kier molecular flexibility index (Phi) is 3.73. The number of hydrogen-bond acceptors (Lipinski definition) is 5. The molecule has 0 amide bonds. The normalized spacial score (nSPS) is 27.6. The van der Waals surface area contributed by atoms with E-state index in [1.807, 2.05) is 0 Å². The average Bonchev–Trinajstić information content (AvgIpc) is 2.07. The van der Waals surface area contributed by atoms with Crippen LogP contribution in [0.15, 0.2) is 0 Å². The Morgan fingerprint density at radius 3 is 2.79 bits per heavy atom. The molecular weight excluding hydrogens is 206 g/mol. The Balaban J connectivity index is 2.44. The van der Waals surface area contributed by atoms with Gasteiger partial charge in [0.15, 0.2) is 0 Å². The molecule has 0 radical (unpaired) electrons. The van der Waals surface area contributed by atoms with Crippen molar-refractivity contribution in [3.8, 4) is 0 Å². The molecule has 1 fully saturated rings. The van der Waals surface area contributed by atoms with Crippen molar-refractivity contribution in [2.75, 3.05) is 19.9 Å². The Labute approximate surface area is 78.2 Å². The minimum absolute atomic E-state index is 0.108. The Hall–Kier alpha value is -0.345. The molecule has 1 saturated heterocycles. The highest BCUT2D eigenvalue weighted by atomic mass is 19.3. The monoisotopic (exact) mass is 215 g/mol. The lowest BCUT2D eigenvalue weighted by Crippen LogP contribution is -2.54. The lowest BCUT2D eigenvalue weighted by Gasteiger charge is -2.35. The van der Waals surface area contributed by atoms with Gasteiger partial charge in [-0.15, -0.1) is 0 Å². The third kappa shape index (κ3) is 2.82. The van der Waals surface area contributed by atoms with Crippen molar-refractivity contribution < 1.29 is 32.6 Å². The van der Waals surface area contributed by atoms with E-state index in [-0.39, 0.29) is 13.2 Å². The molecule has 1 aliphatic heterocycles. The summed E-state index contributed by atoms with van der Waals surface area (Å²) in [5.41, 5.74) is 0. The summed E-state index contributed by atoms with van der Waals surface area (Å²) in [6.45, 7) is -1.10. The van der Waals surface area contributed by atoms with Crippen molar-refractivity contribution in [3.05, 3.63) is 0 Å². The van der Waals surface area contributed by atoms with Crippen molar-refractivity contribution in [1.29, 1.82) is 0 Å². The van der Waals surface area contributed by atoms with Crippen molar-refractivity contribution >= 4 is 7.32 Å². The van der Waals surface area contributed by atoms with Crippen LogP contribution in [0.2, 0.25) is 0 Å². The van der Waals surface area contributed by atoms with E-state index >= 15 is 0 Å². The van der Waals surface area contributed by atoms with Gasteiger partial charge in [0.1, 0.15) is 0 Å². The van der Waals surface area contributed by atoms with Gasteiger partial charge < -0.3 is 19.4 Å². The van der Waals surface area contributed by atoms with Crippen LogP contribution in [0.25, 0.3) is 0 Å². The maximum Gasteiger partial charge on any atom is 0.634 e. The molecular formula is C5H9BF3NO4. The van der Waals surface area contributed by atoms with Crippen LogP contribution in [0.5, 0.6) is 0 Å². The second kappa shape index (κ2) is 4.45. The van der Waals surface area contributed by atoms with Gasteiger partial charge in [-0.2, -0.15) is 8.78 Å². The number of alkyl halides is 3. The minimum atomic E-state index is -3.89. The van der Waals surface area contributed by atoms with E-state index in [2.05, 4.69) is 9.39 Å². The molecule has 14 heavy (non-hydrogen) atoms. The molecule has 5 nitrogen and oxygen atoms in total. The lowest BCUT2D eigenvalue weighted by molar-refractivity contribution is -0.331. The summed E-state index contributed by atoms with van der Waals surface area (Å²) in [6.07, 6.45) is -6.53. The van der Waals surface area contributed by atoms with E-state index < -0.39 is 26.5 Å². The Morgan fingerprint density at radius 2 is 2.21 bits per heavy atom. The van der Waals surface area contributed by atoms with E-state index in [4.69, 9.17) is 10.0 Å². The zero-order valence-electron chi connectivity index (χ0n) is 7.07. The second-order valence-corrected chi connectivity index (χ2v) is 2.68. The number of nitrogens with zero attached hydrogens (tertiary/aromatic N) is 1. The molecule has 2 N–H and O–H groups in total. The zero-order chi connectivity index (χ0) is 10.8. The van der Waals surface area contributed by atoms with Crippen LogP contribution in [0, 0.1) is 0 Å².